The van der Waals surface area contributed by atoms with Gasteiger partial charge in [-0.2, -0.15) is 0 Å². The summed E-state index contributed by atoms with van der Waals surface area (Å²) in [6.45, 7) is 3.87. The SMILES string of the molecule is CC(C)C[C@H](NC(=O)C(O)Cc1ccc(O)cc1)C(=O)N1C(C(=O)NC(CO)CCCN=C(N)N)CC2CCC(O)CC21. The molecule has 0 radical (unpaired) electrons. The lowest BCUT2D eigenvalue weighted by Gasteiger charge is -2.38. The number of hydrogen-bond donors (Lipinski definition) is 8. The van der Waals surface area contributed by atoms with Crippen molar-refractivity contribution in [2.24, 2.45) is 28.3 Å². The highest BCUT2D eigenvalue weighted by Gasteiger charge is 2.50. The maximum atomic E-state index is 14.2. The number of aliphatic hydroxyl groups excluding tert-OH is 3. The fraction of sp³-hybridized carbons (Fsp3) is 0.667. The Bertz CT molecular complexity index is 1110. The second kappa shape index (κ2) is 15.9. The molecule has 6 unspecified atom stereocenters. The number of amides is 3. The topological polar surface area (TPSA) is 224 Å². The van der Waals surface area contributed by atoms with Gasteiger partial charge in [-0.25, -0.2) is 0 Å². The number of carbonyl (C=O) groups is 3. The molecule has 240 valence electrons. The van der Waals surface area contributed by atoms with Crippen molar-refractivity contribution in [2.45, 2.75) is 102 Å². The molecular weight excluding hydrogens is 556 g/mol. The number of phenols is 1. The van der Waals surface area contributed by atoms with Crippen molar-refractivity contribution < 1.29 is 34.8 Å². The summed E-state index contributed by atoms with van der Waals surface area (Å²) in [7, 11) is 0. The highest BCUT2D eigenvalue weighted by Crippen LogP contribution is 2.40. The number of phenolic OH excluding ortho intramolecular Hbond substituents is 1. The van der Waals surface area contributed by atoms with Gasteiger partial charge in [-0.3, -0.25) is 19.4 Å². The molecule has 43 heavy (non-hydrogen) atoms. The third kappa shape index (κ3) is 9.80. The first-order valence-corrected chi connectivity index (χ1v) is 15.1. The number of carbonyl (C=O) groups excluding carboxylic acids is 3. The first kappa shape index (κ1) is 34.1. The third-order valence-corrected chi connectivity index (χ3v) is 8.27. The zero-order chi connectivity index (χ0) is 31.7. The number of guanidine groups is 1. The van der Waals surface area contributed by atoms with Gasteiger partial charge in [0.2, 0.25) is 17.7 Å². The molecule has 7 atom stereocenters. The molecule has 13 nitrogen and oxygen atoms in total. The standard InChI is InChI=1S/C30H48N6O7/c1-17(2)12-23(35-28(42)26(40)13-18-5-8-21(38)9-6-18)29(43)36-24-15-22(39)10-7-19(24)14-25(36)27(41)34-20(16-37)4-3-11-33-30(31)32/h5-6,8-9,17,19-20,22-26,37-40H,3-4,7,10-16H2,1-2H3,(H,34,41)(H,35,42)(H4,31,32,33)/t19?,20?,22?,23-,24?,25?,26?/m0/s1. The van der Waals surface area contributed by atoms with E-state index in [0.29, 0.717) is 50.6 Å². The molecule has 0 spiro atoms. The Morgan fingerprint density at radius 3 is 2.42 bits per heavy atom. The number of nitrogens with one attached hydrogen (secondary N) is 2. The predicted molar refractivity (Wildman–Crippen MR) is 161 cm³/mol. The normalized spacial score (nSPS) is 23.6. The lowest BCUT2D eigenvalue weighted by atomic mass is 9.83. The molecule has 1 aliphatic heterocycles. The van der Waals surface area contributed by atoms with Crippen molar-refractivity contribution >= 4 is 23.7 Å². The van der Waals surface area contributed by atoms with Gasteiger partial charge in [0.25, 0.3) is 0 Å². The first-order chi connectivity index (χ1) is 20.4. The molecule has 10 N–H and O–H groups in total. The Morgan fingerprint density at radius 2 is 1.79 bits per heavy atom. The van der Waals surface area contributed by atoms with Crippen LogP contribution in [0.5, 0.6) is 5.75 Å². The van der Waals surface area contributed by atoms with Gasteiger partial charge in [-0.05, 0) is 74.5 Å². The van der Waals surface area contributed by atoms with Crippen LogP contribution < -0.4 is 22.1 Å². The number of nitrogens with two attached hydrogens (primary N) is 2. The summed E-state index contributed by atoms with van der Waals surface area (Å²) < 4.78 is 0. The molecule has 1 aromatic rings. The molecule has 3 rings (SSSR count). The average molecular weight is 605 g/mol. The number of fused-ring (bicyclic) bond motifs is 1. The maximum Gasteiger partial charge on any atom is 0.249 e. The van der Waals surface area contributed by atoms with Crippen LogP contribution in [-0.2, 0) is 20.8 Å². The first-order valence-electron chi connectivity index (χ1n) is 15.1. The van der Waals surface area contributed by atoms with E-state index in [9.17, 15) is 34.8 Å². The molecule has 3 amide bonds. The summed E-state index contributed by atoms with van der Waals surface area (Å²) in [4.78, 5) is 46.3. The van der Waals surface area contributed by atoms with Crippen LogP contribution in [-0.4, -0.2) is 98.5 Å². The highest BCUT2D eigenvalue weighted by molar-refractivity contribution is 5.93. The van der Waals surface area contributed by atoms with Crippen molar-refractivity contribution in [3.63, 3.8) is 0 Å². The highest BCUT2D eigenvalue weighted by atomic mass is 16.3. The molecule has 0 bridgehead atoms. The minimum atomic E-state index is -1.43. The van der Waals surface area contributed by atoms with E-state index in [4.69, 9.17) is 11.5 Å². The lowest BCUT2D eigenvalue weighted by Crippen LogP contribution is -2.58. The Hall–Kier alpha value is -3.42. The number of hydrogen-bond acceptors (Lipinski definition) is 8. The average Bonchev–Trinajstić information content (AvgIpc) is 3.33. The molecular formula is C30H48N6O7. The summed E-state index contributed by atoms with van der Waals surface area (Å²) in [6, 6.07) is 3.35. The number of aromatic hydroxyl groups is 1. The Morgan fingerprint density at radius 1 is 1.09 bits per heavy atom. The third-order valence-electron chi connectivity index (χ3n) is 8.27. The Kier molecular flexibility index (Phi) is 12.6. The summed E-state index contributed by atoms with van der Waals surface area (Å²) in [5.41, 5.74) is 11.4. The van der Waals surface area contributed by atoms with Gasteiger partial charge in [0.05, 0.1) is 18.8 Å². The molecule has 13 heteroatoms. The smallest absolute Gasteiger partial charge is 0.249 e. The molecule has 2 aliphatic rings. The lowest BCUT2D eigenvalue weighted by molar-refractivity contribution is -0.146. The van der Waals surface area contributed by atoms with Crippen LogP contribution in [0.4, 0.5) is 0 Å². The van der Waals surface area contributed by atoms with E-state index in [0.717, 1.165) is 0 Å². The largest absolute Gasteiger partial charge is 0.508 e. The van der Waals surface area contributed by atoms with E-state index in [1.54, 1.807) is 12.1 Å². The molecule has 2 fully saturated rings. The summed E-state index contributed by atoms with van der Waals surface area (Å²) >= 11 is 0. The van der Waals surface area contributed by atoms with Gasteiger partial charge in [-0.15, -0.1) is 0 Å². The number of likely N-dealkylation sites (tertiary alicyclic amines) is 1. The number of benzene rings is 1. The quantitative estimate of drug-likeness (QED) is 0.0776. The van der Waals surface area contributed by atoms with Gasteiger partial charge in [0.1, 0.15) is 23.9 Å². The molecule has 1 saturated carbocycles. The fourth-order valence-corrected chi connectivity index (χ4v) is 6.13. The Labute approximate surface area is 252 Å². The van der Waals surface area contributed by atoms with Crippen LogP contribution >= 0.6 is 0 Å². The number of aliphatic imine (C=N–C) groups is 1. The van der Waals surface area contributed by atoms with E-state index >= 15 is 0 Å². The van der Waals surface area contributed by atoms with Crippen molar-refractivity contribution in [3.05, 3.63) is 29.8 Å². The second-order valence-corrected chi connectivity index (χ2v) is 12.2. The van der Waals surface area contributed by atoms with E-state index < -0.39 is 48.1 Å². The van der Waals surface area contributed by atoms with Crippen LogP contribution in [0.15, 0.2) is 29.3 Å². The second-order valence-electron chi connectivity index (χ2n) is 12.2. The fourth-order valence-electron chi connectivity index (χ4n) is 6.13. The number of nitrogens with zero attached hydrogens (tertiary/aromatic N) is 2. The van der Waals surface area contributed by atoms with Crippen LogP contribution in [0, 0.1) is 11.8 Å². The van der Waals surface area contributed by atoms with Gasteiger partial charge < -0.3 is 47.4 Å². The molecule has 1 heterocycles. The summed E-state index contributed by atoms with van der Waals surface area (Å²) in [5, 5.41) is 46.1. The predicted octanol–water partition coefficient (Wildman–Crippen LogP) is -0.512. The minimum absolute atomic E-state index is 0.00744. The van der Waals surface area contributed by atoms with Gasteiger partial charge >= 0.3 is 0 Å². The van der Waals surface area contributed by atoms with Crippen LogP contribution in [0.25, 0.3) is 0 Å². The number of aliphatic hydroxyl groups is 3. The molecule has 0 aromatic heterocycles. The Balaban J connectivity index is 1.77. The van der Waals surface area contributed by atoms with Crippen molar-refractivity contribution in [2.75, 3.05) is 13.2 Å². The maximum absolute atomic E-state index is 14.2. The van der Waals surface area contributed by atoms with Gasteiger partial charge in [0, 0.05) is 19.0 Å². The zero-order valence-corrected chi connectivity index (χ0v) is 25.1. The van der Waals surface area contributed by atoms with E-state index in [2.05, 4.69) is 15.6 Å². The van der Waals surface area contributed by atoms with Crippen molar-refractivity contribution in [3.8, 4) is 5.75 Å². The van der Waals surface area contributed by atoms with Crippen molar-refractivity contribution in [1.82, 2.24) is 15.5 Å². The molecule has 1 aromatic carbocycles. The van der Waals surface area contributed by atoms with E-state index in [1.165, 1.54) is 17.0 Å². The molecule has 1 saturated heterocycles. The van der Waals surface area contributed by atoms with Crippen LogP contribution in [0.2, 0.25) is 0 Å². The monoisotopic (exact) mass is 604 g/mol. The van der Waals surface area contributed by atoms with E-state index in [-0.39, 0.29) is 49.0 Å². The summed E-state index contributed by atoms with van der Waals surface area (Å²) in [5.74, 6) is -1.51. The summed E-state index contributed by atoms with van der Waals surface area (Å²) in [6.07, 6.45) is 1.17. The zero-order valence-electron chi connectivity index (χ0n) is 25.1. The van der Waals surface area contributed by atoms with Crippen LogP contribution in [0.1, 0.15) is 64.4 Å². The van der Waals surface area contributed by atoms with Crippen LogP contribution in [0.3, 0.4) is 0 Å². The van der Waals surface area contributed by atoms with Gasteiger partial charge in [0.15, 0.2) is 5.96 Å². The number of rotatable bonds is 14. The minimum Gasteiger partial charge on any atom is -0.508 e. The van der Waals surface area contributed by atoms with Crippen molar-refractivity contribution in [1.29, 1.82) is 0 Å². The van der Waals surface area contributed by atoms with E-state index in [1.807, 2.05) is 13.8 Å². The molecule has 1 aliphatic carbocycles. The van der Waals surface area contributed by atoms with Gasteiger partial charge in [-0.1, -0.05) is 26.0 Å².